The van der Waals surface area contributed by atoms with Crippen molar-refractivity contribution in [3.63, 3.8) is 0 Å². The minimum absolute atomic E-state index is 0.182. The van der Waals surface area contributed by atoms with Crippen molar-refractivity contribution in [3.8, 4) is 0 Å². The van der Waals surface area contributed by atoms with Crippen molar-refractivity contribution in [1.82, 2.24) is 0 Å². The molecule has 1 N–H and O–H groups in total. The fourth-order valence-electron chi connectivity index (χ4n) is 3.00. The minimum Gasteiger partial charge on any atom is -0.323 e. The number of nitrogens with zero attached hydrogens (tertiary/aromatic N) is 1. The van der Waals surface area contributed by atoms with Gasteiger partial charge in [0.2, 0.25) is 5.91 Å². The molecule has 4 nitrogen and oxygen atoms in total. The smallest absolute Gasteiger partial charge is 0.292 e. The molecule has 0 radical (unpaired) electrons. The van der Waals surface area contributed by atoms with Gasteiger partial charge in [-0.25, -0.2) is 4.90 Å². The van der Waals surface area contributed by atoms with Gasteiger partial charge in [0.25, 0.3) is 5.91 Å². The summed E-state index contributed by atoms with van der Waals surface area (Å²) in [5.74, 6) is -0.442. The third-order valence-electron chi connectivity index (χ3n) is 4.17. The first-order valence-corrected chi connectivity index (χ1v) is 8.40. The van der Waals surface area contributed by atoms with Gasteiger partial charge >= 0.3 is 0 Å². The first kappa shape index (κ1) is 17.0. The maximum absolute atomic E-state index is 12.8. The Hall–Kier alpha value is -1.88. The average molecular weight is 364 g/mol. The van der Waals surface area contributed by atoms with Gasteiger partial charge in [-0.05, 0) is 18.2 Å². The Balaban J connectivity index is 1.81. The van der Waals surface area contributed by atoms with Crippen LogP contribution in [-0.2, 0) is 16.1 Å². The molecule has 24 heavy (non-hydrogen) atoms. The predicted molar refractivity (Wildman–Crippen MR) is 94.4 cm³/mol. The summed E-state index contributed by atoms with van der Waals surface area (Å²) in [6.07, 6.45) is 0.182. The van der Waals surface area contributed by atoms with E-state index in [0.29, 0.717) is 22.3 Å². The molecular weight excluding hydrogens is 347 g/mol. The van der Waals surface area contributed by atoms with Gasteiger partial charge in [0.05, 0.1) is 19.2 Å². The summed E-state index contributed by atoms with van der Waals surface area (Å²) >= 11 is 12.0. The number of anilines is 1. The molecule has 0 bridgehead atoms. The highest BCUT2D eigenvalue weighted by Crippen LogP contribution is 2.28. The van der Waals surface area contributed by atoms with Crippen molar-refractivity contribution in [3.05, 3.63) is 64.1 Å². The van der Waals surface area contributed by atoms with Gasteiger partial charge in [0, 0.05) is 15.6 Å². The molecule has 124 valence electrons. The Morgan fingerprint density at radius 3 is 2.33 bits per heavy atom. The Morgan fingerprint density at radius 2 is 1.71 bits per heavy atom. The van der Waals surface area contributed by atoms with E-state index < -0.39 is 6.04 Å². The zero-order valence-corrected chi connectivity index (χ0v) is 14.6. The second-order valence-corrected chi connectivity index (χ2v) is 6.83. The van der Waals surface area contributed by atoms with Crippen molar-refractivity contribution >= 4 is 40.7 Å². The molecule has 2 atom stereocenters. The summed E-state index contributed by atoms with van der Waals surface area (Å²) in [5, 5.41) is 0.790. The number of carbonyl (C=O) groups is 2. The Bertz CT molecular complexity index is 760. The molecular formula is C18H17Cl2N2O2+. The number of hydrogen-bond acceptors (Lipinski definition) is 2. The molecule has 0 spiro atoms. The lowest BCUT2D eigenvalue weighted by atomic mass is 10.1. The molecule has 1 unspecified atom stereocenters. The molecule has 1 heterocycles. The van der Waals surface area contributed by atoms with Crippen LogP contribution in [0.4, 0.5) is 5.69 Å². The lowest BCUT2D eigenvalue weighted by Gasteiger charge is -2.20. The molecule has 2 aromatic carbocycles. The van der Waals surface area contributed by atoms with E-state index >= 15 is 0 Å². The highest BCUT2D eigenvalue weighted by Gasteiger charge is 2.44. The average Bonchev–Trinajstić information content (AvgIpc) is 2.82. The summed E-state index contributed by atoms with van der Waals surface area (Å²) in [5.41, 5.74) is 1.55. The van der Waals surface area contributed by atoms with Gasteiger partial charge in [0.1, 0.15) is 6.54 Å². The van der Waals surface area contributed by atoms with Crippen molar-refractivity contribution < 1.29 is 14.5 Å². The molecule has 1 aliphatic rings. The molecule has 1 fully saturated rings. The van der Waals surface area contributed by atoms with Crippen molar-refractivity contribution in [2.24, 2.45) is 0 Å². The fourth-order valence-corrected chi connectivity index (χ4v) is 3.51. The molecule has 3 rings (SSSR count). The Kier molecular flexibility index (Phi) is 4.90. The summed E-state index contributed by atoms with van der Waals surface area (Å²) in [6, 6.07) is 14.2. The number of likely N-dealkylation sites (N-methyl/N-ethyl adjacent to an activating group) is 1. The molecule has 0 aliphatic carbocycles. The summed E-state index contributed by atoms with van der Waals surface area (Å²) < 4.78 is 0. The van der Waals surface area contributed by atoms with Gasteiger partial charge in [-0.2, -0.15) is 0 Å². The topological polar surface area (TPSA) is 41.8 Å². The number of halogens is 2. The SMILES string of the molecule is C[NH+](Cc1ccccc1)[C@@H]1CC(=O)N(c2cc(Cl)cc(Cl)c2)C1=O. The highest BCUT2D eigenvalue weighted by molar-refractivity contribution is 6.35. The van der Waals surface area contributed by atoms with Crippen LogP contribution in [0.1, 0.15) is 12.0 Å². The van der Waals surface area contributed by atoms with Crippen LogP contribution in [-0.4, -0.2) is 24.9 Å². The number of imide groups is 1. The predicted octanol–water partition coefficient (Wildman–Crippen LogP) is 2.34. The number of benzene rings is 2. The molecule has 6 heteroatoms. The van der Waals surface area contributed by atoms with Crippen LogP contribution in [0.2, 0.25) is 10.0 Å². The third-order valence-corrected chi connectivity index (χ3v) is 4.61. The molecule has 1 aliphatic heterocycles. The van der Waals surface area contributed by atoms with Crippen LogP contribution < -0.4 is 9.80 Å². The normalized spacial score (nSPS) is 19.0. The maximum Gasteiger partial charge on any atom is 0.292 e. The van der Waals surface area contributed by atoms with Crippen LogP contribution in [0.15, 0.2) is 48.5 Å². The van der Waals surface area contributed by atoms with Gasteiger partial charge in [-0.15, -0.1) is 0 Å². The van der Waals surface area contributed by atoms with Crippen LogP contribution >= 0.6 is 23.2 Å². The lowest BCUT2D eigenvalue weighted by Crippen LogP contribution is -3.12. The van der Waals surface area contributed by atoms with Gasteiger partial charge < -0.3 is 4.90 Å². The standard InChI is InChI=1S/C18H16Cl2N2O2/c1-21(11-12-5-3-2-4-6-12)16-10-17(23)22(18(16)24)15-8-13(19)7-14(20)9-15/h2-9,16H,10-11H2,1H3/p+1/t16-/m1/s1. The molecule has 1 saturated heterocycles. The van der Waals surface area contributed by atoms with E-state index in [1.54, 1.807) is 18.2 Å². The van der Waals surface area contributed by atoms with Crippen LogP contribution in [0.5, 0.6) is 0 Å². The number of rotatable bonds is 4. The van der Waals surface area contributed by atoms with Crippen LogP contribution in [0.25, 0.3) is 0 Å². The largest absolute Gasteiger partial charge is 0.323 e. The van der Waals surface area contributed by atoms with Crippen LogP contribution in [0, 0.1) is 0 Å². The van der Waals surface area contributed by atoms with E-state index in [2.05, 4.69) is 0 Å². The van der Waals surface area contributed by atoms with E-state index in [9.17, 15) is 9.59 Å². The number of nitrogens with one attached hydrogen (secondary N) is 1. The van der Waals surface area contributed by atoms with E-state index in [1.807, 2.05) is 37.4 Å². The number of amides is 2. The maximum atomic E-state index is 12.8. The molecule has 2 amide bonds. The number of hydrogen-bond donors (Lipinski definition) is 1. The van der Waals surface area contributed by atoms with Crippen molar-refractivity contribution in [2.75, 3.05) is 11.9 Å². The highest BCUT2D eigenvalue weighted by atomic mass is 35.5. The minimum atomic E-state index is -0.407. The summed E-state index contributed by atoms with van der Waals surface area (Å²) in [6.45, 7) is 0.675. The molecule has 2 aromatic rings. The monoisotopic (exact) mass is 363 g/mol. The third kappa shape index (κ3) is 3.46. The second kappa shape index (κ2) is 6.93. The first-order chi connectivity index (χ1) is 11.5. The van der Waals surface area contributed by atoms with Gasteiger partial charge in [0.15, 0.2) is 6.04 Å². The van der Waals surface area contributed by atoms with E-state index in [0.717, 1.165) is 10.5 Å². The van der Waals surface area contributed by atoms with Crippen molar-refractivity contribution in [2.45, 2.75) is 19.0 Å². The van der Waals surface area contributed by atoms with E-state index in [1.165, 1.54) is 4.90 Å². The lowest BCUT2D eigenvalue weighted by molar-refractivity contribution is -0.908. The Labute approximate surface area is 150 Å². The zero-order chi connectivity index (χ0) is 17.3. The number of carbonyl (C=O) groups excluding carboxylic acids is 2. The second-order valence-electron chi connectivity index (χ2n) is 5.96. The first-order valence-electron chi connectivity index (χ1n) is 7.65. The van der Waals surface area contributed by atoms with E-state index in [-0.39, 0.29) is 18.2 Å². The van der Waals surface area contributed by atoms with Gasteiger partial charge in [-0.3, -0.25) is 9.59 Å². The quantitative estimate of drug-likeness (QED) is 0.847. The summed E-state index contributed by atoms with van der Waals surface area (Å²) in [4.78, 5) is 27.3. The molecule has 0 aromatic heterocycles. The van der Waals surface area contributed by atoms with Crippen LogP contribution in [0.3, 0.4) is 0 Å². The summed E-state index contributed by atoms with van der Waals surface area (Å²) in [7, 11) is 1.93. The molecule has 0 saturated carbocycles. The Morgan fingerprint density at radius 1 is 1.08 bits per heavy atom. The fraction of sp³-hybridized carbons (Fsp3) is 0.222. The number of quaternary nitrogens is 1. The van der Waals surface area contributed by atoms with Crippen molar-refractivity contribution in [1.29, 1.82) is 0 Å². The van der Waals surface area contributed by atoms with Gasteiger partial charge in [-0.1, -0.05) is 53.5 Å². The zero-order valence-electron chi connectivity index (χ0n) is 13.1. The van der Waals surface area contributed by atoms with E-state index in [4.69, 9.17) is 23.2 Å².